The number of nitrogens with zero attached hydrogens (tertiary/aromatic N) is 2. The lowest BCUT2D eigenvalue weighted by Crippen LogP contribution is -2.52. The van der Waals surface area contributed by atoms with Gasteiger partial charge in [-0.3, -0.25) is 4.79 Å². The Labute approximate surface area is 149 Å². The zero-order valence-electron chi connectivity index (χ0n) is 13.5. The molecule has 1 N–H and O–H groups in total. The van der Waals surface area contributed by atoms with Crippen LogP contribution >= 0.6 is 24.0 Å². The molecule has 0 unspecified atom stereocenters. The van der Waals surface area contributed by atoms with Crippen molar-refractivity contribution >= 4 is 35.6 Å². The molecular weight excluding hydrogens is 333 g/mol. The summed E-state index contributed by atoms with van der Waals surface area (Å²) in [5.74, 6) is 0.537. The summed E-state index contributed by atoms with van der Waals surface area (Å²) in [6.07, 6.45) is 1.93. The molecule has 2 aliphatic rings. The number of hydrogen-bond donors (Lipinski definition) is 1. The molecule has 6 heteroatoms. The Kier molecular flexibility index (Phi) is 6.57. The number of anilines is 1. The van der Waals surface area contributed by atoms with Gasteiger partial charge in [-0.05, 0) is 38.4 Å². The van der Waals surface area contributed by atoms with Gasteiger partial charge in [-0.25, -0.2) is 0 Å². The minimum absolute atomic E-state index is 0. The second kappa shape index (κ2) is 8.22. The van der Waals surface area contributed by atoms with E-state index in [4.69, 9.17) is 11.6 Å². The largest absolute Gasteiger partial charge is 0.367 e. The summed E-state index contributed by atoms with van der Waals surface area (Å²) in [7, 11) is 0. The maximum atomic E-state index is 12.7. The van der Waals surface area contributed by atoms with E-state index in [1.807, 2.05) is 29.2 Å². The average molecular weight is 358 g/mol. The first-order chi connectivity index (χ1) is 10.6. The summed E-state index contributed by atoms with van der Waals surface area (Å²) >= 11 is 6.27. The maximum absolute atomic E-state index is 12.7. The third-order valence-electron chi connectivity index (χ3n) is 4.76. The zero-order chi connectivity index (χ0) is 15.5. The van der Waals surface area contributed by atoms with E-state index in [0.717, 1.165) is 56.3 Å². The van der Waals surface area contributed by atoms with Crippen molar-refractivity contribution < 1.29 is 4.79 Å². The normalized spacial score (nSPS) is 25.0. The van der Waals surface area contributed by atoms with Gasteiger partial charge in [-0.15, -0.1) is 12.4 Å². The van der Waals surface area contributed by atoms with Crippen molar-refractivity contribution in [2.75, 3.05) is 37.6 Å². The second-order valence-electron chi connectivity index (χ2n) is 6.34. The molecule has 0 aliphatic carbocycles. The van der Waals surface area contributed by atoms with Crippen molar-refractivity contribution in [3.63, 3.8) is 0 Å². The van der Waals surface area contributed by atoms with Crippen LogP contribution < -0.4 is 10.2 Å². The Balaban J connectivity index is 0.00000192. The van der Waals surface area contributed by atoms with E-state index in [1.165, 1.54) is 0 Å². The molecule has 1 aromatic carbocycles. The lowest BCUT2D eigenvalue weighted by molar-refractivity contribution is -0.137. The zero-order valence-corrected chi connectivity index (χ0v) is 15.1. The Morgan fingerprint density at radius 3 is 2.57 bits per heavy atom. The van der Waals surface area contributed by atoms with Crippen LogP contribution in [0.5, 0.6) is 0 Å². The minimum atomic E-state index is 0. The van der Waals surface area contributed by atoms with Gasteiger partial charge in [0.15, 0.2) is 0 Å². The molecule has 2 aliphatic heterocycles. The van der Waals surface area contributed by atoms with Crippen LogP contribution in [0.2, 0.25) is 5.02 Å². The van der Waals surface area contributed by atoms with Crippen molar-refractivity contribution in [2.24, 2.45) is 5.92 Å². The van der Waals surface area contributed by atoms with Gasteiger partial charge in [0.05, 0.1) is 10.7 Å². The standard InChI is InChI=1S/C17H24ClN3O.ClH/c1-13-12-14(6-7-19-13)17(22)21-10-8-20(9-11-21)16-5-3-2-4-15(16)18;/h2-5,13-14,19H,6-12H2,1H3;1H/t13-,14-;/m0./s1. The van der Waals surface area contributed by atoms with Crippen LogP contribution in [0.3, 0.4) is 0 Å². The highest BCUT2D eigenvalue weighted by Crippen LogP contribution is 2.27. The first-order valence-corrected chi connectivity index (χ1v) is 8.54. The lowest BCUT2D eigenvalue weighted by Gasteiger charge is -2.39. The summed E-state index contributed by atoms with van der Waals surface area (Å²) in [5.41, 5.74) is 1.08. The summed E-state index contributed by atoms with van der Waals surface area (Å²) in [5, 5.41) is 4.20. The van der Waals surface area contributed by atoms with E-state index in [2.05, 4.69) is 17.1 Å². The van der Waals surface area contributed by atoms with Crippen LogP contribution in [-0.2, 0) is 4.79 Å². The van der Waals surface area contributed by atoms with E-state index in [0.29, 0.717) is 11.9 Å². The molecule has 128 valence electrons. The van der Waals surface area contributed by atoms with Gasteiger partial charge in [0.1, 0.15) is 0 Å². The van der Waals surface area contributed by atoms with E-state index in [9.17, 15) is 4.79 Å². The third kappa shape index (κ3) is 4.31. The number of rotatable bonds is 2. The Hall–Kier alpha value is -0.970. The molecule has 1 amide bonds. The monoisotopic (exact) mass is 357 g/mol. The molecule has 3 rings (SSSR count). The predicted octanol–water partition coefficient (Wildman–Crippen LogP) is 2.80. The maximum Gasteiger partial charge on any atom is 0.225 e. The number of para-hydroxylation sites is 1. The molecule has 1 aromatic rings. The number of piperazine rings is 1. The first-order valence-electron chi connectivity index (χ1n) is 8.17. The summed E-state index contributed by atoms with van der Waals surface area (Å²) in [6.45, 7) is 6.42. The van der Waals surface area contributed by atoms with Gasteiger partial charge in [-0.1, -0.05) is 23.7 Å². The van der Waals surface area contributed by atoms with Crippen LogP contribution in [0.1, 0.15) is 19.8 Å². The number of amides is 1. The highest BCUT2D eigenvalue weighted by Gasteiger charge is 2.30. The van der Waals surface area contributed by atoms with Crippen LogP contribution in [0.15, 0.2) is 24.3 Å². The summed E-state index contributed by atoms with van der Waals surface area (Å²) < 4.78 is 0. The molecule has 0 spiro atoms. The number of carbonyl (C=O) groups excluding carboxylic acids is 1. The molecule has 0 saturated carbocycles. The predicted molar refractivity (Wildman–Crippen MR) is 97.7 cm³/mol. The van der Waals surface area contributed by atoms with Crippen LogP contribution in [0, 0.1) is 5.92 Å². The Morgan fingerprint density at radius 2 is 1.91 bits per heavy atom. The van der Waals surface area contributed by atoms with Crippen molar-refractivity contribution in [1.29, 1.82) is 0 Å². The molecule has 0 aromatic heterocycles. The topological polar surface area (TPSA) is 35.6 Å². The van der Waals surface area contributed by atoms with Crippen molar-refractivity contribution in [3.05, 3.63) is 29.3 Å². The van der Waals surface area contributed by atoms with E-state index in [1.54, 1.807) is 0 Å². The van der Waals surface area contributed by atoms with Crippen molar-refractivity contribution in [1.82, 2.24) is 10.2 Å². The fourth-order valence-electron chi connectivity index (χ4n) is 3.49. The smallest absolute Gasteiger partial charge is 0.225 e. The third-order valence-corrected chi connectivity index (χ3v) is 5.08. The highest BCUT2D eigenvalue weighted by molar-refractivity contribution is 6.33. The molecule has 4 nitrogen and oxygen atoms in total. The van der Waals surface area contributed by atoms with Gasteiger partial charge < -0.3 is 15.1 Å². The molecule has 2 fully saturated rings. The molecule has 23 heavy (non-hydrogen) atoms. The number of nitrogens with one attached hydrogen (secondary N) is 1. The fraction of sp³-hybridized carbons (Fsp3) is 0.588. The fourth-order valence-corrected chi connectivity index (χ4v) is 3.75. The number of carbonyl (C=O) groups is 1. The average Bonchev–Trinajstić information content (AvgIpc) is 2.55. The van der Waals surface area contributed by atoms with Gasteiger partial charge in [0, 0.05) is 38.1 Å². The SMILES string of the molecule is C[C@H]1C[C@@H](C(=O)N2CCN(c3ccccc3Cl)CC2)CCN1.Cl. The van der Waals surface area contributed by atoms with Crippen LogP contribution in [0.4, 0.5) is 5.69 Å². The number of piperidine rings is 1. The van der Waals surface area contributed by atoms with Gasteiger partial charge in [-0.2, -0.15) is 0 Å². The molecule has 2 saturated heterocycles. The molecule has 0 bridgehead atoms. The number of halogens is 2. The summed E-state index contributed by atoms with van der Waals surface area (Å²) in [6, 6.07) is 8.38. The Morgan fingerprint density at radius 1 is 1.22 bits per heavy atom. The Bertz CT molecular complexity index is 532. The highest BCUT2D eigenvalue weighted by atomic mass is 35.5. The number of benzene rings is 1. The molecular formula is C17H25Cl2N3O. The van der Waals surface area contributed by atoms with Gasteiger partial charge in [0.2, 0.25) is 5.91 Å². The van der Waals surface area contributed by atoms with Crippen molar-refractivity contribution in [3.8, 4) is 0 Å². The first kappa shape index (κ1) is 18.4. The van der Waals surface area contributed by atoms with Crippen LogP contribution in [-0.4, -0.2) is 49.6 Å². The van der Waals surface area contributed by atoms with Gasteiger partial charge in [0.25, 0.3) is 0 Å². The number of hydrogen-bond acceptors (Lipinski definition) is 3. The molecule has 0 radical (unpaired) electrons. The van der Waals surface area contributed by atoms with Crippen LogP contribution in [0.25, 0.3) is 0 Å². The quantitative estimate of drug-likeness (QED) is 0.883. The van der Waals surface area contributed by atoms with E-state index >= 15 is 0 Å². The molecule has 2 atom stereocenters. The summed E-state index contributed by atoms with van der Waals surface area (Å²) in [4.78, 5) is 17.0. The van der Waals surface area contributed by atoms with E-state index < -0.39 is 0 Å². The van der Waals surface area contributed by atoms with E-state index in [-0.39, 0.29) is 18.3 Å². The van der Waals surface area contributed by atoms with Gasteiger partial charge >= 0.3 is 0 Å². The molecule has 2 heterocycles. The second-order valence-corrected chi connectivity index (χ2v) is 6.75. The van der Waals surface area contributed by atoms with Crippen molar-refractivity contribution in [2.45, 2.75) is 25.8 Å². The lowest BCUT2D eigenvalue weighted by atomic mass is 9.92. The minimum Gasteiger partial charge on any atom is -0.367 e.